The fourth-order valence-corrected chi connectivity index (χ4v) is 7.24. The third-order valence-corrected chi connectivity index (χ3v) is 10.9. The van der Waals surface area contributed by atoms with Crippen LogP contribution in [0.1, 0.15) is 77.0 Å². The van der Waals surface area contributed by atoms with E-state index in [9.17, 15) is 43.3 Å². The van der Waals surface area contributed by atoms with Crippen molar-refractivity contribution in [2.75, 3.05) is 43.9 Å². The maximum atomic E-state index is 12.9. The van der Waals surface area contributed by atoms with Gasteiger partial charge in [0.15, 0.2) is 17.0 Å². The average molecular weight is 929 g/mol. The third-order valence-electron chi connectivity index (χ3n) is 10.1. The van der Waals surface area contributed by atoms with Gasteiger partial charge in [-0.25, -0.2) is 19.7 Å². The van der Waals surface area contributed by atoms with Gasteiger partial charge in [0.05, 0.1) is 25.6 Å². The van der Waals surface area contributed by atoms with Crippen LogP contribution in [-0.4, -0.2) is 126 Å². The zero-order valence-electron chi connectivity index (χ0n) is 35.6. The van der Waals surface area contributed by atoms with Gasteiger partial charge in [-0.2, -0.15) is 0 Å². The number of fused-ring (bicyclic) bond motifs is 1. The van der Waals surface area contributed by atoms with Gasteiger partial charge >= 0.3 is 12.8 Å². The van der Waals surface area contributed by atoms with E-state index < -0.39 is 43.0 Å². The van der Waals surface area contributed by atoms with Crippen molar-refractivity contribution in [3.63, 3.8) is 0 Å². The molecule has 0 bridgehead atoms. The predicted molar refractivity (Wildman–Crippen MR) is 233 cm³/mol. The largest absolute Gasteiger partial charge is 0.445 e. The van der Waals surface area contributed by atoms with E-state index >= 15 is 0 Å². The molecular formula is C40H53N10O12PS. The molecule has 1 unspecified atom stereocenters. The Morgan fingerprint density at radius 1 is 0.938 bits per heavy atom. The van der Waals surface area contributed by atoms with Crippen molar-refractivity contribution in [1.29, 1.82) is 0 Å². The lowest BCUT2D eigenvalue weighted by Gasteiger charge is -2.21. The average Bonchev–Trinajstić information content (AvgIpc) is 3.99. The van der Waals surface area contributed by atoms with Crippen LogP contribution in [0.25, 0.3) is 11.2 Å². The highest BCUT2D eigenvalue weighted by atomic mass is 32.5. The number of unbranched alkanes of at least 4 members (excludes halogenated alkanes) is 2. The zero-order chi connectivity index (χ0) is 46.4. The number of nitrogens with zero attached hydrogens (tertiary/aromatic N) is 6. The Morgan fingerprint density at radius 3 is 2.36 bits per heavy atom. The number of ether oxygens (including phenoxy) is 2. The molecule has 6 N–H and O–H groups in total. The van der Waals surface area contributed by atoms with Gasteiger partial charge in [-0.3, -0.25) is 38.2 Å². The summed E-state index contributed by atoms with van der Waals surface area (Å²) in [5, 5.41) is 10.7. The van der Waals surface area contributed by atoms with Crippen LogP contribution in [0.4, 0.5) is 16.3 Å². The van der Waals surface area contributed by atoms with Gasteiger partial charge in [0, 0.05) is 50.8 Å². The summed E-state index contributed by atoms with van der Waals surface area (Å²) in [6.07, 6.45) is 7.24. The van der Waals surface area contributed by atoms with Crippen molar-refractivity contribution in [2.24, 2.45) is 5.92 Å². The number of nitrogens with one attached hydrogen (secondary N) is 4. The quantitative estimate of drug-likeness (QED) is 0.0452. The molecular weight excluding hydrogens is 876 g/mol. The third kappa shape index (κ3) is 14.9. The lowest BCUT2D eigenvalue weighted by Crippen LogP contribution is -2.51. The number of amides is 7. The molecule has 7 amide bonds. The summed E-state index contributed by atoms with van der Waals surface area (Å²) < 4.78 is 18.0. The molecule has 2 aliphatic rings. The standard InChI is InChI=1S/C40H53N10O12PS/c1-25(2)35(46-29(51)8-5-4-6-19-49-32(54)15-16-33(49)55)39(56)41-20-31(53)45-27-12-10-26(11-13-27)21-60-40(57)48(3)18-7-9-30(52)47-37-36-38(43-23-42-37)50(24-44-36)34-17-14-28(62-34)22-61-63(58,59)64/h10-13,15-16,23-25,28,34-35H,4-9,14,17-22H2,1-3H3,(H,41,56)(H,45,53)(H,46,51)(H2,58,59,64)(H,42,43,47,52)/t28-,34+,35?/m0/s1. The van der Waals surface area contributed by atoms with Gasteiger partial charge in [-0.05, 0) is 67.5 Å². The summed E-state index contributed by atoms with van der Waals surface area (Å²) in [6, 6.07) is 5.72. The van der Waals surface area contributed by atoms with Crippen LogP contribution in [0.2, 0.25) is 0 Å². The molecule has 0 radical (unpaired) electrons. The van der Waals surface area contributed by atoms with E-state index in [1.165, 1.54) is 29.7 Å². The Bertz CT molecular complexity index is 2230. The van der Waals surface area contributed by atoms with Gasteiger partial charge < -0.3 is 50.0 Å². The van der Waals surface area contributed by atoms with Crippen LogP contribution in [0, 0.1) is 5.92 Å². The first kappa shape index (κ1) is 49.3. The topological polar surface area (TPSA) is 286 Å². The van der Waals surface area contributed by atoms with E-state index in [1.807, 2.05) is 0 Å². The molecule has 3 aromatic rings. The van der Waals surface area contributed by atoms with Crippen LogP contribution >= 0.6 is 6.72 Å². The second-order valence-electron chi connectivity index (χ2n) is 15.5. The first-order valence-corrected chi connectivity index (χ1v) is 23.3. The summed E-state index contributed by atoms with van der Waals surface area (Å²) in [5.41, 5.74) is 1.88. The normalized spacial score (nSPS) is 16.6. The van der Waals surface area contributed by atoms with E-state index in [1.54, 1.807) is 49.7 Å². The highest BCUT2D eigenvalue weighted by Crippen LogP contribution is 2.39. The maximum absolute atomic E-state index is 12.9. The lowest BCUT2D eigenvalue weighted by atomic mass is 10.0. The Hall–Kier alpha value is -5.71. The summed E-state index contributed by atoms with van der Waals surface area (Å²) in [4.78, 5) is 121. The summed E-state index contributed by atoms with van der Waals surface area (Å²) >= 11 is 4.50. The molecule has 24 heteroatoms. The van der Waals surface area contributed by atoms with Crippen molar-refractivity contribution in [2.45, 2.75) is 90.2 Å². The molecule has 1 aromatic carbocycles. The fraction of sp³-hybridized carbons (Fsp3) is 0.500. The van der Waals surface area contributed by atoms with E-state index in [4.69, 9.17) is 14.0 Å². The minimum absolute atomic E-state index is 0.0485. The predicted octanol–water partition coefficient (Wildman–Crippen LogP) is 2.40. The number of carbonyl (C=O) groups is 7. The second kappa shape index (κ2) is 23.3. The molecule has 2 aromatic heterocycles. The number of benzene rings is 1. The van der Waals surface area contributed by atoms with Crippen LogP contribution in [0.15, 0.2) is 49.1 Å². The number of hydrogen-bond donors (Lipinski definition) is 6. The fourth-order valence-electron chi connectivity index (χ4n) is 6.70. The first-order chi connectivity index (χ1) is 30.5. The molecule has 64 heavy (non-hydrogen) atoms. The molecule has 22 nitrogen and oxygen atoms in total. The molecule has 0 saturated carbocycles. The number of rotatable bonds is 23. The Labute approximate surface area is 373 Å². The van der Waals surface area contributed by atoms with E-state index in [2.05, 4.69) is 48.0 Å². The minimum atomic E-state index is -3.80. The second-order valence-corrected chi connectivity index (χ2v) is 18.1. The maximum Gasteiger partial charge on any atom is 0.409 e. The van der Waals surface area contributed by atoms with Crippen LogP contribution in [-0.2, 0) is 61.2 Å². The number of anilines is 2. The molecule has 3 atom stereocenters. The van der Waals surface area contributed by atoms with Gasteiger partial charge in [0.2, 0.25) is 23.6 Å². The first-order valence-electron chi connectivity index (χ1n) is 20.7. The highest BCUT2D eigenvalue weighted by molar-refractivity contribution is 8.06. The lowest BCUT2D eigenvalue weighted by molar-refractivity contribution is -0.137. The minimum Gasteiger partial charge on any atom is -0.445 e. The molecule has 0 spiro atoms. The number of aromatic nitrogens is 4. The van der Waals surface area contributed by atoms with Crippen molar-refractivity contribution >= 4 is 82.7 Å². The Kier molecular flexibility index (Phi) is 17.9. The van der Waals surface area contributed by atoms with Crippen molar-refractivity contribution in [3.05, 3.63) is 54.6 Å². The zero-order valence-corrected chi connectivity index (χ0v) is 37.3. The summed E-state index contributed by atoms with van der Waals surface area (Å²) in [6.45, 7) is -0.190. The molecule has 0 aliphatic carbocycles. The van der Waals surface area contributed by atoms with Gasteiger partial charge in [-0.15, -0.1) is 0 Å². The number of imide groups is 1. The van der Waals surface area contributed by atoms with Gasteiger partial charge in [0.25, 0.3) is 11.8 Å². The molecule has 5 rings (SSSR count). The van der Waals surface area contributed by atoms with Crippen molar-refractivity contribution < 1.29 is 57.3 Å². The SMILES string of the molecule is CC(C)C(NC(=O)CCCCCN1C(=O)C=CC1=O)C(=O)NCC(=O)Nc1ccc(COC(=O)N(C)CCCC(=O)Nc2ncnc3c2ncn3[C@H]2CC[C@@H](COP(O)(O)=S)O2)cc1. The summed E-state index contributed by atoms with van der Waals surface area (Å²) in [7, 11) is 1.55. The van der Waals surface area contributed by atoms with Crippen LogP contribution in [0.3, 0.4) is 0 Å². The molecule has 1 fully saturated rings. The van der Waals surface area contributed by atoms with E-state index in [-0.39, 0.29) is 81.1 Å². The molecule has 2 aliphatic heterocycles. The van der Waals surface area contributed by atoms with Crippen LogP contribution < -0.4 is 21.3 Å². The van der Waals surface area contributed by atoms with Crippen molar-refractivity contribution in [3.8, 4) is 0 Å². The smallest absolute Gasteiger partial charge is 0.409 e. The molecule has 1 saturated heterocycles. The van der Waals surface area contributed by atoms with Gasteiger partial charge in [0.1, 0.15) is 25.2 Å². The highest BCUT2D eigenvalue weighted by Gasteiger charge is 2.30. The number of imidazole rings is 1. The number of carbonyl (C=O) groups excluding carboxylic acids is 7. The Balaban J connectivity index is 0.953. The van der Waals surface area contributed by atoms with Crippen LogP contribution in [0.5, 0.6) is 0 Å². The number of hydrogen-bond acceptors (Lipinski definition) is 14. The van der Waals surface area contributed by atoms with Gasteiger partial charge in [-0.1, -0.05) is 32.4 Å². The van der Waals surface area contributed by atoms with E-state index in [0.29, 0.717) is 60.9 Å². The van der Waals surface area contributed by atoms with Crippen molar-refractivity contribution in [1.82, 2.24) is 40.0 Å². The Morgan fingerprint density at radius 2 is 1.66 bits per heavy atom. The molecule has 4 heterocycles. The monoisotopic (exact) mass is 928 g/mol. The molecule has 346 valence electrons. The van der Waals surface area contributed by atoms with E-state index in [0.717, 1.165) is 4.90 Å². The summed E-state index contributed by atoms with van der Waals surface area (Å²) in [5.74, 6) is -2.40.